The summed E-state index contributed by atoms with van der Waals surface area (Å²) < 4.78 is 65.3. The van der Waals surface area contributed by atoms with Gasteiger partial charge in [-0.25, -0.2) is 17.6 Å². The third-order valence-corrected chi connectivity index (χ3v) is 9.21. The number of nitrogens with zero attached hydrogens (tertiary/aromatic N) is 4. The van der Waals surface area contributed by atoms with Gasteiger partial charge in [0.15, 0.2) is 0 Å². The Bertz CT molecular complexity index is 2270. The summed E-state index contributed by atoms with van der Waals surface area (Å²) in [5.74, 6) is -8.41. The molecule has 0 aliphatic heterocycles. The maximum absolute atomic E-state index is 16.1. The molecular weight excluding hydrogens is 588 g/mol. The van der Waals surface area contributed by atoms with Gasteiger partial charge in [0.2, 0.25) is 0 Å². The molecule has 7 rings (SSSR count). The van der Waals surface area contributed by atoms with Crippen molar-refractivity contribution in [3.8, 4) is 46.1 Å². The SMILES string of the molecule is CC1(C)C(F)(F)c2c(C#N)c(C#N)c(-n3c4ccc(-c5ccccc5)cc4c4cc(-c5ccccc5)ccc43)c(C#N)c2C1(F)F. The Balaban J connectivity index is 1.67. The number of hydrogen-bond acceptors (Lipinski definition) is 3. The average molecular weight is 611 g/mol. The molecule has 0 radical (unpaired) electrons. The fourth-order valence-electron chi connectivity index (χ4n) is 6.62. The molecule has 6 aromatic rings. The molecule has 1 heterocycles. The zero-order chi connectivity index (χ0) is 32.6. The van der Waals surface area contributed by atoms with Gasteiger partial charge in [0.1, 0.15) is 23.6 Å². The number of rotatable bonds is 3. The van der Waals surface area contributed by atoms with E-state index < -0.39 is 45.1 Å². The van der Waals surface area contributed by atoms with E-state index >= 15 is 17.6 Å². The van der Waals surface area contributed by atoms with E-state index in [0.29, 0.717) is 35.7 Å². The fraction of sp³-hybridized carbons (Fsp3) is 0.132. The topological polar surface area (TPSA) is 76.3 Å². The Kier molecular flexibility index (Phi) is 6.14. The van der Waals surface area contributed by atoms with E-state index in [0.717, 1.165) is 22.3 Å². The number of fused-ring (bicyclic) bond motifs is 4. The summed E-state index contributed by atoms with van der Waals surface area (Å²) in [4.78, 5) is 0. The first-order chi connectivity index (χ1) is 22.0. The summed E-state index contributed by atoms with van der Waals surface area (Å²) >= 11 is 0. The van der Waals surface area contributed by atoms with E-state index in [1.807, 2.05) is 91.0 Å². The van der Waals surface area contributed by atoms with Crippen molar-refractivity contribution in [1.29, 1.82) is 15.8 Å². The Morgan fingerprint density at radius 2 is 0.935 bits per heavy atom. The van der Waals surface area contributed by atoms with Gasteiger partial charge in [-0.3, -0.25) is 0 Å². The standard InChI is InChI=1S/C38H22F4N4/c1-36(2)37(39,40)33-28(19-43)29(20-44)35(30(21-45)34(33)38(36,41)42)46-31-15-13-24(22-9-5-3-6-10-22)17-26(31)27-18-25(14-16-32(27)46)23-11-7-4-8-12-23/h3-18H,1-2H3. The molecule has 5 aromatic carbocycles. The van der Waals surface area contributed by atoms with Crippen molar-refractivity contribution in [3.63, 3.8) is 0 Å². The Labute approximate surface area is 261 Å². The van der Waals surface area contributed by atoms with Crippen molar-refractivity contribution in [3.05, 3.63) is 125 Å². The Morgan fingerprint density at radius 3 is 1.35 bits per heavy atom. The molecule has 222 valence electrons. The monoisotopic (exact) mass is 610 g/mol. The summed E-state index contributed by atoms with van der Waals surface area (Å²) in [5.41, 5.74) is -3.51. The predicted octanol–water partition coefficient (Wildman–Crippen LogP) is 9.96. The van der Waals surface area contributed by atoms with Gasteiger partial charge in [0.25, 0.3) is 11.8 Å². The molecule has 0 amide bonds. The lowest BCUT2D eigenvalue weighted by Crippen LogP contribution is -2.39. The molecule has 4 nitrogen and oxygen atoms in total. The third-order valence-electron chi connectivity index (χ3n) is 9.21. The van der Waals surface area contributed by atoms with Crippen LogP contribution in [0.15, 0.2) is 97.1 Å². The van der Waals surface area contributed by atoms with Crippen LogP contribution in [0.5, 0.6) is 0 Å². The van der Waals surface area contributed by atoms with Crippen LogP contribution >= 0.6 is 0 Å². The molecule has 1 aromatic heterocycles. The molecule has 0 N–H and O–H groups in total. The highest BCUT2D eigenvalue weighted by molar-refractivity contribution is 6.12. The maximum atomic E-state index is 16.1. The van der Waals surface area contributed by atoms with E-state index in [-0.39, 0.29) is 5.69 Å². The molecule has 1 aliphatic rings. The van der Waals surface area contributed by atoms with Crippen LogP contribution < -0.4 is 0 Å². The highest BCUT2D eigenvalue weighted by atomic mass is 19.3. The van der Waals surface area contributed by atoms with Gasteiger partial charge < -0.3 is 4.57 Å². The van der Waals surface area contributed by atoms with Gasteiger partial charge in [-0.2, -0.15) is 15.8 Å². The van der Waals surface area contributed by atoms with Crippen LogP contribution in [0.4, 0.5) is 17.6 Å². The van der Waals surface area contributed by atoms with Crippen molar-refractivity contribution in [2.45, 2.75) is 25.7 Å². The molecule has 0 atom stereocenters. The van der Waals surface area contributed by atoms with Crippen molar-refractivity contribution in [2.75, 3.05) is 0 Å². The van der Waals surface area contributed by atoms with Gasteiger partial charge in [-0.15, -0.1) is 0 Å². The molecule has 46 heavy (non-hydrogen) atoms. The van der Waals surface area contributed by atoms with E-state index in [2.05, 4.69) is 0 Å². The van der Waals surface area contributed by atoms with Gasteiger partial charge in [0.05, 0.1) is 44.5 Å². The van der Waals surface area contributed by atoms with E-state index in [1.54, 1.807) is 24.3 Å². The summed E-state index contributed by atoms with van der Waals surface area (Å²) in [6.45, 7) is 1.41. The first-order valence-corrected chi connectivity index (χ1v) is 14.4. The van der Waals surface area contributed by atoms with Gasteiger partial charge >= 0.3 is 0 Å². The van der Waals surface area contributed by atoms with Gasteiger partial charge in [-0.05, 0) is 60.4 Å². The molecule has 0 bridgehead atoms. The number of nitriles is 3. The lowest BCUT2D eigenvalue weighted by Gasteiger charge is -2.32. The number of alkyl halides is 4. The highest BCUT2D eigenvalue weighted by Crippen LogP contribution is 2.67. The summed E-state index contributed by atoms with van der Waals surface area (Å²) in [7, 11) is 0. The second-order valence-electron chi connectivity index (χ2n) is 11.9. The van der Waals surface area contributed by atoms with Crippen LogP contribution in [0.2, 0.25) is 0 Å². The summed E-state index contributed by atoms with van der Waals surface area (Å²) in [5, 5.41) is 32.3. The second kappa shape index (κ2) is 9.80. The van der Waals surface area contributed by atoms with Crippen LogP contribution in [0, 0.1) is 39.4 Å². The molecule has 0 spiro atoms. The summed E-state index contributed by atoms with van der Waals surface area (Å²) in [6, 6.07) is 35.4. The van der Waals surface area contributed by atoms with Gasteiger partial charge in [-0.1, -0.05) is 72.8 Å². The molecule has 8 heteroatoms. The van der Waals surface area contributed by atoms with Crippen molar-refractivity contribution in [2.24, 2.45) is 5.41 Å². The average Bonchev–Trinajstić information content (AvgIpc) is 3.44. The van der Waals surface area contributed by atoms with E-state index in [9.17, 15) is 15.8 Å². The smallest absolute Gasteiger partial charge is 0.286 e. The van der Waals surface area contributed by atoms with Crippen molar-refractivity contribution < 1.29 is 17.6 Å². The minimum Gasteiger partial charge on any atom is -0.307 e. The van der Waals surface area contributed by atoms with Crippen LogP contribution in [0.25, 0.3) is 49.7 Å². The van der Waals surface area contributed by atoms with Crippen molar-refractivity contribution in [1.82, 2.24) is 4.57 Å². The number of benzene rings is 5. The largest absolute Gasteiger partial charge is 0.307 e. The molecule has 1 aliphatic carbocycles. The molecule has 0 fully saturated rings. The second-order valence-corrected chi connectivity index (χ2v) is 11.9. The van der Waals surface area contributed by atoms with Crippen LogP contribution in [-0.2, 0) is 11.8 Å². The fourth-order valence-corrected chi connectivity index (χ4v) is 6.62. The van der Waals surface area contributed by atoms with Crippen LogP contribution in [-0.4, -0.2) is 4.57 Å². The van der Waals surface area contributed by atoms with Crippen LogP contribution in [0.1, 0.15) is 41.7 Å². The molecule has 0 saturated carbocycles. The van der Waals surface area contributed by atoms with Gasteiger partial charge in [0, 0.05) is 10.8 Å². The Morgan fingerprint density at radius 1 is 0.522 bits per heavy atom. The minimum atomic E-state index is -4.21. The van der Waals surface area contributed by atoms with Crippen LogP contribution in [0.3, 0.4) is 0 Å². The van der Waals surface area contributed by atoms with Crippen molar-refractivity contribution >= 4 is 21.8 Å². The molecule has 0 unspecified atom stereocenters. The Hall–Kier alpha value is -5.91. The highest BCUT2D eigenvalue weighted by Gasteiger charge is 2.72. The maximum Gasteiger partial charge on any atom is 0.286 e. The minimum absolute atomic E-state index is 0.326. The third kappa shape index (κ3) is 3.63. The van der Waals surface area contributed by atoms with E-state index in [4.69, 9.17) is 0 Å². The first-order valence-electron chi connectivity index (χ1n) is 14.4. The number of hydrogen-bond donors (Lipinski definition) is 0. The normalized spacial score (nSPS) is 15.6. The first kappa shape index (κ1) is 28.8. The lowest BCUT2D eigenvalue weighted by atomic mass is 9.83. The quantitative estimate of drug-likeness (QED) is 0.187. The van der Waals surface area contributed by atoms with E-state index in [1.165, 1.54) is 4.57 Å². The zero-order valence-corrected chi connectivity index (χ0v) is 24.5. The lowest BCUT2D eigenvalue weighted by molar-refractivity contribution is -0.212. The summed E-state index contributed by atoms with van der Waals surface area (Å²) in [6.07, 6.45) is 0. The number of aromatic nitrogens is 1. The zero-order valence-electron chi connectivity index (χ0n) is 24.5. The predicted molar refractivity (Wildman–Crippen MR) is 167 cm³/mol. The molecular formula is C38H22F4N4. The number of halogens is 4. The molecule has 0 saturated heterocycles.